The van der Waals surface area contributed by atoms with Gasteiger partial charge in [0.1, 0.15) is 6.54 Å². The molecular weight excluding hydrogens is 214 g/mol. The molecule has 1 heterocycles. The van der Waals surface area contributed by atoms with Gasteiger partial charge in [-0.2, -0.15) is 0 Å². The fourth-order valence-corrected chi connectivity index (χ4v) is 1.90. The highest BCUT2D eigenvalue weighted by atomic mass is 16.4. The molecule has 0 unspecified atom stereocenters. The molecule has 0 saturated carbocycles. The van der Waals surface area contributed by atoms with E-state index in [2.05, 4.69) is 19.9 Å². The molecule has 0 aliphatic carbocycles. The van der Waals surface area contributed by atoms with Gasteiger partial charge in [0.2, 0.25) is 0 Å². The van der Waals surface area contributed by atoms with Crippen molar-refractivity contribution in [1.82, 2.24) is 0 Å². The predicted molar refractivity (Wildman–Crippen MR) is 64.3 cm³/mol. The first-order valence-corrected chi connectivity index (χ1v) is 6.38. The van der Waals surface area contributed by atoms with E-state index in [4.69, 9.17) is 0 Å². The number of hydrogen-bond donors (Lipinski definition) is 0. The zero-order valence-corrected chi connectivity index (χ0v) is 10.7. The molecule has 0 radical (unpaired) electrons. The van der Waals surface area contributed by atoms with Crippen molar-refractivity contribution in [3.05, 3.63) is 29.6 Å². The van der Waals surface area contributed by atoms with Gasteiger partial charge in [0.05, 0.1) is 12.4 Å². The van der Waals surface area contributed by atoms with E-state index in [1.54, 1.807) is 0 Å². The minimum atomic E-state index is -1.01. The van der Waals surface area contributed by atoms with Crippen LogP contribution in [0.2, 0.25) is 0 Å². The van der Waals surface area contributed by atoms with Gasteiger partial charge in [-0.05, 0) is 18.4 Å². The SMILES string of the molecule is CCCCC[n+]1ccc(CC)cc1CC(=O)[O-]. The van der Waals surface area contributed by atoms with Gasteiger partial charge in [0, 0.05) is 18.6 Å². The topological polar surface area (TPSA) is 44.0 Å². The van der Waals surface area contributed by atoms with Gasteiger partial charge < -0.3 is 9.90 Å². The maximum absolute atomic E-state index is 10.7. The smallest absolute Gasteiger partial charge is 0.187 e. The van der Waals surface area contributed by atoms with Crippen LogP contribution in [0, 0.1) is 0 Å². The third-order valence-electron chi connectivity index (χ3n) is 2.93. The molecule has 0 bridgehead atoms. The summed E-state index contributed by atoms with van der Waals surface area (Å²) in [5, 5.41) is 10.7. The number of nitrogens with zero attached hydrogens (tertiary/aromatic N) is 1. The molecule has 0 N–H and O–H groups in total. The summed E-state index contributed by atoms with van der Waals surface area (Å²) in [6.45, 7) is 5.12. The summed E-state index contributed by atoms with van der Waals surface area (Å²) in [5.74, 6) is -1.01. The van der Waals surface area contributed by atoms with Gasteiger partial charge in [0.25, 0.3) is 0 Å². The zero-order chi connectivity index (χ0) is 12.7. The van der Waals surface area contributed by atoms with Crippen LogP contribution in [0.5, 0.6) is 0 Å². The van der Waals surface area contributed by atoms with Crippen LogP contribution in [0.3, 0.4) is 0 Å². The number of carboxylic acids is 1. The lowest BCUT2D eigenvalue weighted by Gasteiger charge is -2.06. The van der Waals surface area contributed by atoms with Gasteiger partial charge in [-0.15, -0.1) is 0 Å². The van der Waals surface area contributed by atoms with E-state index in [-0.39, 0.29) is 6.42 Å². The van der Waals surface area contributed by atoms with Crippen LogP contribution in [0.1, 0.15) is 44.4 Å². The zero-order valence-electron chi connectivity index (χ0n) is 10.7. The lowest BCUT2D eigenvalue weighted by molar-refractivity contribution is -0.704. The van der Waals surface area contributed by atoms with Crippen LogP contribution < -0.4 is 9.67 Å². The summed E-state index contributed by atoms with van der Waals surface area (Å²) < 4.78 is 2.03. The van der Waals surface area contributed by atoms with Crippen LogP contribution in [-0.2, 0) is 24.2 Å². The molecule has 0 atom stereocenters. The normalized spacial score (nSPS) is 10.5. The van der Waals surface area contributed by atoms with Crippen LogP contribution in [-0.4, -0.2) is 5.97 Å². The van der Waals surface area contributed by atoms with E-state index in [1.807, 2.05) is 16.8 Å². The molecule has 0 saturated heterocycles. The Labute approximate surface area is 103 Å². The molecule has 0 spiro atoms. The molecule has 94 valence electrons. The summed E-state index contributed by atoms with van der Waals surface area (Å²) >= 11 is 0. The molecule has 0 aliphatic rings. The standard InChI is InChI=1S/C14H21NO2/c1-3-5-6-8-15-9-7-12(4-2)10-13(15)11-14(16)17/h7,9-10H,3-6,8,11H2,1-2H3. The minimum Gasteiger partial charge on any atom is -0.550 e. The van der Waals surface area contributed by atoms with Crippen molar-refractivity contribution in [2.75, 3.05) is 0 Å². The van der Waals surface area contributed by atoms with Crippen LogP contribution in [0.25, 0.3) is 0 Å². The number of aryl methyl sites for hydroxylation is 2. The van der Waals surface area contributed by atoms with Crippen molar-refractivity contribution in [2.45, 2.75) is 52.5 Å². The minimum absolute atomic E-state index is 0.0000347. The van der Waals surface area contributed by atoms with Gasteiger partial charge in [-0.3, -0.25) is 0 Å². The van der Waals surface area contributed by atoms with Crippen molar-refractivity contribution in [2.24, 2.45) is 0 Å². The second-order valence-corrected chi connectivity index (χ2v) is 4.33. The maximum Gasteiger partial charge on any atom is 0.187 e. The van der Waals surface area contributed by atoms with Crippen molar-refractivity contribution >= 4 is 5.97 Å². The van der Waals surface area contributed by atoms with Gasteiger partial charge >= 0.3 is 0 Å². The maximum atomic E-state index is 10.7. The molecule has 3 heteroatoms. The molecule has 1 rings (SSSR count). The third kappa shape index (κ3) is 4.55. The summed E-state index contributed by atoms with van der Waals surface area (Å²) in [4.78, 5) is 10.7. The molecule has 3 nitrogen and oxygen atoms in total. The molecular formula is C14H21NO2. The van der Waals surface area contributed by atoms with Crippen molar-refractivity contribution in [3.8, 4) is 0 Å². The van der Waals surface area contributed by atoms with Gasteiger partial charge in [0.15, 0.2) is 11.9 Å². The number of unbranched alkanes of at least 4 members (excludes halogenated alkanes) is 2. The Kier molecular flexibility index (Phi) is 5.67. The molecule has 1 aromatic rings. The van der Waals surface area contributed by atoms with Crippen molar-refractivity contribution < 1.29 is 14.5 Å². The average Bonchev–Trinajstić information content (AvgIpc) is 2.30. The molecule has 17 heavy (non-hydrogen) atoms. The summed E-state index contributed by atoms with van der Waals surface area (Å²) in [5.41, 5.74) is 2.02. The molecule has 0 aromatic carbocycles. The Bertz CT molecular complexity index is 374. The highest BCUT2D eigenvalue weighted by Gasteiger charge is 2.11. The van der Waals surface area contributed by atoms with Gasteiger partial charge in [-0.1, -0.05) is 20.3 Å². The molecule has 1 aromatic heterocycles. The number of carbonyl (C=O) groups is 1. The van der Waals surface area contributed by atoms with Crippen LogP contribution in [0.15, 0.2) is 18.3 Å². The first kappa shape index (κ1) is 13.7. The fourth-order valence-electron chi connectivity index (χ4n) is 1.90. The molecule has 0 amide bonds. The van der Waals surface area contributed by atoms with Gasteiger partial charge in [-0.25, -0.2) is 4.57 Å². The first-order chi connectivity index (χ1) is 8.17. The van der Waals surface area contributed by atoms with E-state index in [0.717, 1.165) is 25.1 Å². The second-order valence-electron chi connectivity index (χ2n) is 4.33. The van der Waals surface area contributed by atoms with E-state index in [0.29, 0.717) is 0 Å². The fraction of sp³-hybridized carbons (Fsp3) is 0.571. The van der Waals surface area contributed by atoms with E-state index < -0.39 is 5.97 Å². The molecule has 0 fully saturated rings. The quantitative estimate of drug-likeness (QED) is 0.523. The Morgan fingerprint density at radius 1 is 1.35 bits per heavy atom. The number of carbonyl (C=O) groups excluding carboxylic acids is 1. The Morgan fingerprint density at radius 2 is 2.12 bits per heavy atom. The van der Waals surface area contributed by atoms with Crippen LogP contribution >= 0.6 is 0 Å². The number of hydrogen-bond acceptors (Lipinski definition) is 2. The Balaban J connectivity index is 2.81. The van der Waals surface area contributed by atoms with Crippen LogP contribution in [0.4, 0.5) is 0 Å². The lowest BCUT2D eigenvalue weighted by atomic mass is 10.1. The predicted octanol–water partition coefficient (Wildman–Crippen LogP) is 1.02. The van der Waals surface area contributed by atoms with E-state index in [9.17, 15) is 9.90 Å². The summed E-state index contributed by atoms with van der Waals surface area (Å²) in [6, 6.07) is 4.03. The largest absolute Gasteiger partial charge is 0.550 e. The Hall–Kier alpha value is -1.38. The van der Waals surface area contributed by atoms with E-state index >= 15 is 0 Å². The number of pyridine rings is 1. The molecule has 0 aliphatic heterocycles. The first-order valence-electron chi connectivity index (χ1n) is 6.38. The highest BCUT2D eigenvalue weighted by molar-refractivity contribution is 5.66. The Morgan fingerprint density at radius 3 is 2.71 bits per heavy atom. The number of rotatable bonds is 7. The number of aromatic nitrogens is 1. The third-order valence-corrected chi connectivity index (χ3v) is 2.93. The van der Waals surface area contributed by atoms with Crippen molar-refractivity contribution in [3.63, 3.8) is 0 Å². The lowest BCUT2D eigenvalue weighted by Crippen LogP contribution is -2.41. The average molecular weight is 235 g/mol. The van der Waals surface area contributed by atoms with Crippen molar-refractivity contribution in [1.29, 1.82) is 0 Å². The second kappa shape index (κ2) is 7.05. The van der Waals surface area contributed by atoms with E-state index in [1.165, 1.54) is 18.4 Å². The summed E-state index contributed by atoms with van der Waals surface area (Å²) in [7, 11) is 0. The highest BCUT2D eigenvalue weighted by Crippen LogP contribution is 2.03. The monoisotopic (exact) mass is 235 g/mol. The number of carboxylic acid groups (broad SMARTS) is 1. The summed E-state index contributed by atoms with van der Waals surface area (Å²) in [6.07, 6.45) is 6.35. The number of aliphatic carboxylic acids is 1.